The topological polar surface area (TPSA) is 66.4 Å². The normalized spacial score (nSPS) is 22.0. The predicted molar refractivity (Wildman–Crippen MR) is 58.8 cm³/mol. The summed E-state index contributed by atoms with van der Waals surface area (Å²) < 4.78 is 0. The summed E-state index contributed by atoms with van der Waals surface area (Å²) in [4.78, 5) is 22.5. The first-order valence-corrected chi connectivity index (χ1v) is 5.84. The first-order valence-electron chi connectivity index (χ1n) is 5.84. The highest BCUT2D eigenvalue weighted by atomic mass is 16.4. The quantitative estimate of drug-likeness (QED) is 0.691. The number of carboxylic acids is 1. The van der Waals surface area contributed by atoms with Gasteiger partial charge in [0.05, 0.1) is 6.42 Å². The van der Waals surface area contributed by atoms with Crippen LogP contribution in [0.25, 0.3) is 0 Å². The highest BCUT2D eigenvalue weighted by molar-refractivity contribution is 5.80. The van der Waals surface area contributed by atoms with Crippen molar-refractivity contribution in [3.05, 3.63) is 12.2 Å². The minimum atomic E-state index is -0.832. The van der Waals surface area contributed by atoms with E-state index in [0.29, 0.717) is 5.92 Å². The average Bonchev–Trinajstić information content (AvgIpc) is 2.91. The van der Waals surface area contributed by atoms with Crippen molar-refractivity contribution in [3.63, 3.8) is 0 Å². The summed E-state index contributed by atoms with van der Waals surface area (Å²) in [7, 11) is 0. The molecule has 1 saturated carbocycles. The van der Waals surface area contributed by atoms with Crippen LogP contribution in [-0.2, 0) is 9.59 Å². The molecule has 0 radical (unpaired) electrons. The third-order valence-electron chi connectivity index (χ3n) is 3.29. The van der Waals surface area contributed by atoms with E-state index in [1.807, 2.05) is 12.2 Å². The van der Waals surface area contributed by atoms with Crippen molar-refractivity contribution in [2.45, 2.75) is 38.1 Å². The number of rotatable bonds is 5. The molecule has 2 rings (SSSR count). The van der Waals surface area contributed by atoms with Crippen LogP contribution in [0.1, 0.15) is 32.1 Å². The first-order chi connectivity index (χ1) is 7.66. The van der Waals surface area contributed by atoms with Gasteiger partial charge in [-0.05, 0) is 31.6 Å². The number of carbonyl (C=O) groups is 2. The first kappa shape index (κ1) is 11.2. The van der Waals surface area contributed by atoms with Gasteiger partial charge in [-0.15, -0.1) is 0 Å². The van der Waals surface area contributed by atoms with Gasteiger partial charge >= 0.3 is 5.97 Å². The SMILES string of the molecule is O=C(O)C[C@H](NC(=O)C1CC=CC1)C1CC1. The second-order valence-corrected chi connectivity index (χ2v) is 4.69. The molecule has 2 aliphatic carbocycles. The Bertz CT molecular complexity index is 312. The van der Waals surface area contributed by atoms with Gasteiger partial charge in [-0.25, -0.2) is 0 Å². The number of amides is 1. The Labute approximate surface area is 94.7 Å². The molecule has 1 amide bonds. The molecule has 4 heteroatoms. The molecule has 0 saturated heterocycles. The maximum Gasteiger partial charge on any atom is 0.305 e. The number of nitrogens with one attached hydrogen (secondary N) is 1. The van der Waals surface area contributed by atoms with Crippen molar-refractivity contribution in [2.75, 3.05) is 0 Å². The smallest absolute Gasteiger partial charge is 0.305 e. The van der Waals surface area contributed by atoms with E-state index in [4.69, 9.17) is 5.11 Å². The molecule has 0 unspecified atom stereocenters. The highest BCUT2D eigenvalue weighted by Crippen LogP contribution is 2.34. The van der Waals surface area contributed by atoms with Gasteiger partial charge in [0.2, 0.25) is 5.91 Å². The number of carbonyl (C=O) groups excluding carboxylic acids is 1. The lowest BCUT2D eigenvalue weighted by molar-refractivity contribution is -0.138. The molecule has 0 aliphatic heterocycles. The van der Waals surface area contributed by atoms with Crippen LogP contribution in [-0.4, -0.2) is 23.0 Å². The summed E-state index contributed by atoms with van der Waals surface area (Å²) in [6.07, 6.45) is 7.73. The monoisotopic (exact) mass is 223 g/mol. The van der Waals surface area contributed by atoms with Crippen LogP contribution in [0.5, 0.6) is 0 Å². The minimum absolute atomic E-state index is 0.0168. The van der Waals surface area contributed by atoms with Crippen LogP contribution in [0.2, 0.25) is 0 Å². The van der Waals surface area contributed by atoms with E-state index in [1.165, 1.54) is 0 Å². The summed E-state index contributed by atoms with van der Waals surface area (Å²) in [5.74, 6) is -0.408. The van der Waals surface area contributed by atoms with Gasteiger partial charge < -0.3 is 10.4 Å². The van der Waals surface area contributed by atoms with E-state index >= 15 is 0 Å². The van der Waals surface area contributed by atoms with E-state index in [2.05, 4.69) is 5.32 Å². The van der Waals surface area contributed by atoms with Gasteiger partial charge in [-0.3, -0.25) is 9.59 Å². The Hall–Kier alpha value is -1.32. The van der Waals surface area contributed by atoms with Crippen molar-refractivity contribution < 1.29 is 14.7 Å². The van der Waals surface area contributed by atoms with Gasteiger partial charge in [0.1, 0.15) is 0 Å². The molecule has 16 heavy (non-hydrogen) atoms. The predicted octanol–water partition coefficient (Wildman–Crippen LogP) is 1.32. The Morgan fingerprint density at radius 2 is 1.94 bits per heavy atom. The summed E-state index contributed by atoms with van der Waals surface area (Å²) in [5, 5.41) is 11.7. The van der Waals surface area contributed by atoms with Crippen molar-refractivity contribution >= 4 is 11.9 Å². The third-order valence-corrected chi connectivity index (χ3v) is 3.29. The van der Waals surface area contributed by atoms with E-state index < -0.39 is 5.97 Å². The molecule has 2 aliphatic rings. The van der Waals surface area contributed by atoms with E-state index in [0.717, 1.165) is 25.7 Å². The van der Waals surface area contributed by atoms with Crippen molar-refractivity contribution in [1.82, 2.24) is 5.32 Å². The second-order valence-electron chi connectivity index (χ2n) is 4.69. The van der Waals surface area contributed by atoms with Crippen LogP contribution in [0.4, 0.5) is 0 Å². The van der Waals surface area contributed by atoms with E-state index in [9.17, 15) is 9.59 Å². The molecule has 1 atom stereocenters. The minimum Gasteiger partial charge on any atom is -0.481 e. The standard InChI is InChI=1S/C12H17NO3/c14-11(15)7-10(8-5-6-8)13-12(16)9-3-1-2-4-9/h1-2,8-10H,3-7H2,(H,13,16)(H,14,15)/t10-/m0/s1. The van der Waals surface area contributed by atoms with Crippen molar-refractivity contribution in [1.29, 1.82) is 0 Å². The molecule has 88 valence electrons. The number of hydrogen-bond donors (Lipinski definition) is 2. The van der Waals surface area contributed by atoms with Crippen LogP contribution < -0.4 is 5.32 Å². The van der Waals surface area contributed by atoms with E-state index in [-0.39, 0.29) is 24.3 Å². The number of carboxylic acid groups (broad SMARTS) is 1. The highest BCUT2D eigenvalue weighted by Gasteiger charge is 2.34. The molecule has 1 fully saturated rings. The zero-order valence-electron chi connectivity index (χ0n) is 9.19. The van der Waals surface area contributed by atoms with Gasteiger partial charge in [-0.1, -0.05) is 12.2 Å². The lowest BCUT2D eigenvalue weighted by atomic mass is 10.0. The molecule has 0 spiro atoms. The van der Waals surface area contributed by atoms with Crippen molar-refractivity contribution in [2.24, 2.45) is 11.8 Å². The Kier molecular flexibility index (Phi) is 3.27. The van der Waals surface area contributed by atoms with Gasteiger partial charge in [0.25, 0.3) is 0 Å². The fourth-order valence-corrected chi connectivity index (χ4v) is 2.15. The number of hydrogen-bond acceptors (Lipinski definition) is 2. The van der Waals surface area contributed by atoms with E-state index in [1.54, 1.807) is 0 Å². The number of aliphatic carboxylic acids is 1. The molecule has 0 aromatic rings. The molecule has 2 N–H and O–H groups in total. The summed E-state index contributed by atoms with van der Waals surface area (Å²) in [5.41, 5.74) is 0. The summed E-state index contributed by atoms with van der Waals surface area (Å²) in [6, 6.07) is -0.161. The third kappa shape index (κ3) is 2.84. The largest absolute Gasteiger partial charge is 0.481 e. The molecule has 4 nitrogen and oxygen atoms in total. The van der Waals surface area contributed by atoms with Gasteiger partial charge in [-0.2, -0.15) is 0 Å². The fourth-order valence-electron chi connectivity index (χ4n) is 2.15. The zero-order chi connectivity index (χ0) is 11.5. The Morgan fingerprint density at radius 1 is 1.31 bits per heavy atom. The van der Waals surface area contributed by atoms with Crippen LogP contribution in [0, 0.1) is 11.8 Å². The number of allylic oxidation sites excluding steroid dienone is 2. The maximum atomic E-state index is 11.8. The van der Waals surface area contributed by atoms with Crippen LogP contribution >= 0.6 is 0 Å². The lowest BCUT2D eigenvalue weighted by Crippen LogP contribution is -2.40. The second kappa shape index (κ2) is 4.68. The van der Waals surface area contributed by atoms with Crippen LogP contribution in [0.15, 0.2) is 12.2 Å². The Morgan fingerprint density at radius 3 is 2.44 bits per heavy atom. The van der Waals surface area contributed by atoms with Crippen LogP contribution in [0.3, 0.4) is 0 Å². The summed E-state index contributed by atoms with van der Waals surface area (Å²) >= 11 is 0. The molecule has 0 heterocycles. The summed E-state index contributed by atoms with van der Waals surface area (Å²) in [6.45, 7) is 0. The lowest BCUT2D eigenvalue weighted by Gasteiger charge is -2.18. The molecule has 0 bridgehead atoms. The molecular formula is C12H17NO3. The molecule has 0 aromatic heterocycles. The average molecular weight is 223 g/mol. The van der Waals surface area contributed by atoms with Crippen molar-refractivity contribution in [3.8, 4) is 0 Å². The zero-order valence-corrected chi connectivity index (χ0v) is 9.19. The molecule has 0 aromatic carbocycles. The molecular weight excluding hydrogens is 206 g/mol. The Balaban J connectivity index is 1.84. The van der Waals surface area contributed by atoms with Gasteiger partial charge in [0, 0.05) is 12.0 Å². The maximum absolute atomic E-state index is 11.8. The fraction of sp³-hybridized carbons (Fsp3) is 0.667. The van der Waals surface area contributed by atoms with Gasteiger partial charge in [0.15, 0.2) is 0 Å².